The molecular formula is C37H51N7O3. The summed E-state index contributed by atoms with van der Waals surface area (Å²) < 4.78 is 5.87. The Morgan fingerprint density at radius 1 is 1.06 bits per heavy atom. The van der Waals surface area contributed by atoms with E-state index in [-0.39, 0.29) is 29.6 Å². The number of piperidine rings is 2. The summed E-state index contributed by atoms with van der Waals surface area (Å²) in [4.78, 5) is 45.5. The van der Waals surface area contributed by atoms with Gasteiger partial charge in [-0.3, -0.25) is 14.7 Å². The van der Waals surface area contributed by atoms with Crippen LogP contribution in [-0.2, 0) is 4.74 Å². The zero-order valence-corrected chi connectivity index (χ0v) is 28.7. The second kappa shape index (κ2) is 14.3. The lowest BCUT2D eigenvalue weighted by atomic mass is 9.85. The Morgan fingerprint density at radius 3 is 2.40 bits per heavy atom. The van der Waals surface area contributed by atoms with Gasteiger partial charge in [0.1, 0.15) is 11.8 Å². The minimum atomic E-state index is -0.0199. The van der Waals surface area contributed by atoms with E-state index in [2.05, 4.69) is 45.7 Å². The first-order valence-corrected chi connectivity index (χ1v) is 17.7. The van der Waals surface area contributed by atoms with Crippen molar-refractivity contribution in [2.75, 3.05) is 45.9 Å². The predicted molar refractivity (Wildman–Crippen MR) is 180 cm³/mol. The van der Waals surface area contributed by atoms with Gasteiger partial charge in [0.25, 0.3) is 5.91 Å². The van der Waals surface area contributed by atoms with E-state index in [4.69, 9.17) is 9.72 Å². The van der Waals surface area contributed by atoms with E-state index in [1.54, 1.807) is 6.07 Å². The third-order valence-electron chi connectivity index (χ3n) is 11.4. The van der Waals surface area contributed by atoms with Crippen LogP contribution >= 0.6 is 0 Å². The Bertz CT molecular complexity index is 1430. The first-order valence-electron chi connectivity index (χ1n) is 17.7. The molecule has 0 spiro atoms. The molecule has 10 heteroatoms. The van der Waals surface area contributed by atoms with Crippen LogP contribution in [0.1, 0.15) is 104 Å². The summed E-state index contributed by atoms with van der Waals surface area (Å²) in [6.45, 7) is 13.7. The van der Waals surface area contributed by atoms with Crippen LogP contribution in [0.5, 0.6) is 0 Å². The van der Waals surface area contributed by atoms with Crippen LogP contribution in [0.3, 0.4) is 0 Å². The molecule has 0 bridgehead atoms. The highest BCUT2D eigenvalue weighted by Crippen LogP contribution is 2.38. The standard InChI is InChI=1S/C37H51N7O3/c1-5-47-31-11-9-28(10-12-31)24-42-25-33(32-8-6-7-17-39-32)44(36(42)46)30-13-18-43(19-14-30)37(4)15-20-41(21-16-37)35(45)34-26(2)22-29(23-38)40-27(34)3/h6-8,17,22,28,30-31,33H,5,9-16,18-21,24-25H2,1-4H3/t28?,31?,33-/m0/s1. The molecule has 5 heterocycles. The fraction of sp³-hybridized carbons (Fsp3) is 0.649. The third kappa shape index (κ3) is 7.02. The normalized spacial score (nSPS) is 25.6. The zero-order valence-electron chi connectivity index (χ0n) is 28.7. The summed E-state index contributed by atoms with van der Waals surface area (Å²) in [6, 6.07) is 10.2. The number of carbonyl (C=O) groups is 2. The van der Waals surface area contributed by atoms with Crippen LogP contribution < -0.4 is 0 Å². The molecule has 2 aromatic rings. The molecule has 6 rings (SSSR count). The van der Waals surface area contributed by atoms with Gasteiger partial charge in [-0.15, -0.1) is 0 Å². The van der Waals surface area contributed by atoms with E-state index in [9.17, 15) is 14.9 Å². The Morgan fingerprint density at radius 2 is 1.79 bits per heavy atom. The summed E-state index contributed by atoms with van der Waals surface area (Å²) in [6.07, 6.45) is 10.3. The quantitative estimate of drug-likeness (QED) is 0.375. The molecule has 4 fully saturated rings. The van der Waals surface area contributed by atoms with Gasteiger partial charge in [-0.2, -0.15) is 5.26 Å². The second-order valence-corrected chi connectivity index (χ2v) is 14.4. The van der Waals surface area contributed by atoms with E-state index in [0.29, 0.717) is 48.6 Å². The lowest BCUT2D eigenvalue weighted by molar-refractivity contribution is 0.00473. The fourth-order valence-electron chi connectivity index (χ4n) is 8.63. The van der Waals surface area contributed by atoms with Crippen LogP contribution in [0.15, 0.2) is 30.5 Å². The van der Waals surface area contributed by atoms with Gasteiger partial charge < -0.3 is 19.4 Å². The predicted octanol–water partition coefficient (Wildman–Crippen LogP) is 5.50. The molecule has 4 aliphatic rings. The summed E-state index contributed by atoms with van der Waals surface area (Å²) >= 11 is 0. The van der Waals surface area contributed by atoms with Crippen molar-refractivity contribution in [3.63, 3.8) is 0 Å². The summed E-state index contributed by atoms with van der Waals surface area (Å²) in [5, 5.41) is 9.26. The van der Waals surface area contributed by atoms with Crippen molar-refractivity contribution in [1.82, 2.24) is 29.6 Å². The molecule has 1 saturated carbocycles. The number of carbonyl (C=O) groups excluding carboxylic acids is 2. The van der Waals surface area contributed by atoms with Gasteiger partial charge in [0.05, 0.1) is 29.1 Å². The molecule has 47 heavy (non-hydrogen) atoms. The smallest absolute Gasteiger partial charge is 0.320 e. The maximum absolute atomic E-state index is 14.1. The molecule has 0 aromatic carbocycles. The van der Waals surface area contributed by atoms with Gasteiger partial charge >= 0.3 is 6.03 Å². The molecule has 1 atom stereocenters. The number of rotatable bonds is 8. The highest BCUT2D eigenvalue weighted by atomic mass is 16.5. The van der Waals surface area contributed by atoms with Gasteiger partial charge in [-0.05, 0) is 109 Å². The van der Waals surface area contributed by atoms with Gasteiger partial charge in [-0.1, -0.05) is 6.07 Å². The van der Waals surface area contributed by atoms with Gasteiger partial charge in [0, 0.05) is 63.7 Å². The Labute approximate surface area is 280 Å². The van der Waals surface area contributed by atoms with Crippen LogP contribution in [0.4, 0.5) is 4.79 Å². The van der Waals surface area contributed by atoms with Crippen molar-refractivity contribution >= 4 is 11.9 Å². The zero-order chi connectivity index (χ0) is 33.1. The number of urea groups is 1. The van der Waals surface area contributed by atoms with Crippen LogP contribution in [0, 0.1) is 31.1 Å². The van der Waals surface area contributed by atoms with Gasteiger partial charge in [0.2, 0.25) is 0 Å². The number of aryl methyl sites for hydroxylation is 2. The largest absolute Gasteiger partial charge is 0.379 e. The Kier molecular flexibility index (Phi) is 10.1. The van der Waals surface area contributed by atoms with Crippen LogP contribution in [-0.4, -0.2) is 105 Å². The van der Waals surface area contributed by atoms with E-state index >= 15 is 0 Å². The molecular weight excluding hydrogens is 590 g/mol. The summed E-state index contributed by atoms with van der Waals surface area (Å²) in [7, 11) is 0. The first-order chi connectivity index (χ1) is 22.7. The molecule has 0 unspecified atom stereocenters. The lowest BCUT2D eigenvalue weighted by Crippen LogP contribution is -2.58. The number of amides is 3. The number of aromatic nitrogens is 2. The van der Waals surface area contributed by atoms with Gasteiger partial charge in [-0.25, -0.2) is 9.78 Å². The number of hydrogen-bond donors (Lipinski definition) is 0. The summed E-state index contributed by atoms with van der Waals surface area (Å²) in [5.74, 6) is 0.540. The number of nitriles is 1. The van der Waals surface area contributed by atoms with Crippen molar-refractivity contribution in [3.8, 4) is 6.07 Å². The first kappa shape index (κ1) is 33.4. The third-order valence-corrected chi connectivity index (χ3v) is 11.4. The van der Waals surface area contributed by atoms with Crippen LogP contribution in [0.25, 0.3) is 0 Å². The topological polar surface area (TPSA) is 106 Å². The molecule has 3 amide bonds. The number of pyridine rings is 2. The highest BCUT2D eigenvalue weighted by Gasteiger charge is 2.46. The molecule has 10 nitrogen and oxygen atoms in total. The molecule has 0 radical (unpaired) electrons. The number of hydrogen-bond acceptors (Lipinski definition) is 7. The van der Waals surface area contributed by atoms with Crippen LogP contribution in [0.2, 0.25) is 0 Å². The fourth-order valence-corrected chi connectivity index (χ4v) is 8.63. The van der Waals surface area contributed by atoms with Crippen molar-refractivity contribution < 1.29 is 14.3 Å². The molecule has 3 aliphatic heterocycles. The molecule has 2 aromatic heterocycles. The van der Waals surface area contributed by atoms with E-state index in [1.807, 2.05) is 37.1 Å². The minimum Gasteiger partial charge on any atom is -0.379 e. The van der Waals surface area contributed by atoms with E-state index in [0.717, 1.165) is 88.9 Å². The summed E-state index contributed by atoms with van der Waals surface area (Å²) in [5.41, 5.74) is 3.39. The van der Waals surface area contributed by atoms with Gasteiger partial charge in [0.15, 0.2) is 0 Å². The van der Waals surface area contributed by atoms with Crippen molar-refractivity contribution in [2.24, 2.45) is 5.92 Å². The second-order valence-electron chi connectivity index (χ2n) is 14.4. The number of likely N-dealkylation sites (tertiary alicyclic amines) is 2. The monoisotopic (exact) mass is 641 g/mol. The molecule has 3 saturated heterocycles. The Balaban J connectivity index is 1.07. The average molecular weight is 642 g/mol. The van der Waals surface area contributed by atoms with E-state index in [1.165, 1.54) is 0 Å². The minimum absolute atomic E-state index is 0.0104. The maximum atomic E-state index is 14.1. The number of ether oxygens (including phenoxy) is 1. The van der Waals surface area contributed by atoms with E-state index < -0.39 is 0 Å². The lowest BCUT2D eigenvalue weighted by Gasteiger charge is -2.50. The molecule has 1 aliphatic carbocycles. The van der Waals surface area contributed by atoms with Crippen molar-refractivity contribution in [2.45, 2.75) is 103 Å². The van der Waals surface area contributed by atoms with Crippen molar-refractivity contribution in [1.29, 1.82) is 5.26 Å². The Hall–Kier alpha value is -3.55. The highest BCUT2D eigenvalue weighted by molar-refractivity contribution is 5.96. The number of nitrogens with zero attached hydrogens (tertiary/aromatic N) is 7. The SMILES string of the molecule is CCOC1CCC(CN2C[C@@H](c3ccccn3)N(C3CCN(C4(C)CCN(C(=O)c5c(C)cc(C#N)nc5C)CC4)CC3)C2=O)CC1. The molecule has 0 N–H and O–H groups in total. The average Bonchev–Trinajstić information content (AvgIpc) is 3.41. The molecule has 252 valence electrons. The maximum Gasteiger partial charge on any atom is 0.320 e. The van der Waals surface area contributed by atoms with Crippen molar-refractivity contribution in [3.05, 3.63) is 58.7 Å².